The lowest BCUT2D eigenvalue weighted by Gasteiger charge is -2.33. The highest BCUT2D eigenvalue weighted by molar-refractivity contribution is 7.13. The molecule has 1 saturated heterocycles. The summed E-state index contributed by atoms with van der Waals surface area (Å²) in [5.41, 5.74) is 2.05. The maximum absolute atomic E-state index is 5.38. The van der Waals surface area contributed by atoms with Crippen molar-refractivity contribution in [3.8, 4) is 11.5 Å². The number of aromatic nitrogens is 3. The van der Waals surface area contributed by atoms with Crippen molar-refractivity contribution >= 4 is 16.5 Å². The number of benzene rings is 1. The molecular weight excluding hydrogens is 322 g/mol. The summed E-state index contributed by atoms with van der Waals surface area (Å²) in [4.78, 5) is 13.8. The van der Waals surface area contributed by atoms with Gasteiger partial charge in [-0.3, -0.25) is 4.90 Å². The molecule has 0 saturated carbocycles. The summed E-state index contributed by atoms with van der Waals surface area (Å²) in [7, 11) is 0. The van der Waals surface area contributed by atoms with E-state index in [2.05, 4.69) is 30.3 Å². The molecule has 3 aromatic rings. The summed E-state index contributed by atoms with van der Waals surface area (Å²) in [6, 6.07) is 9.87. The smallest absolute Gasteiger partial charge is 0.257 e. The van der Waals surface area contributed by atoms with E-state index in [1.807, 2.05) is 37.3 Å². The van der Waals surface area contributed by atoms with Crippen LogP contribution in [0.25, 0.3) is 11.5 Å². The van der Waals surface area contributed by atoms with E-state index in [4.69, 9.17) is 4.52 Å². The normalized spacial score (nSPS) is 15.8. The number of hydrogen-bond donors (Lipinski definition) is 0. The average Bonchev–Trinajstić information content (AvgIpc) is 3.26. The molecule has 1 aliphatic rings. The Balaban J connectivity index is 1.35. The van der Waals surface area contributed by atoms with E-state index >= 15 is 0 Å². The Bertz CT molecular complexity index is 792. The van der Waals surface area contributed by atoms with Gasteiger partial charge in [-0.2, -0.15) is 4.98 Å². The second kappa shape index (κ2) is 6.70. The fourth-order valence-corrected chi connectivity index (χ4v) is 3.66. The number of thiazole rings is 1. The van der Waals surface area contributed by atoms with Gasteiger partial charge in [0.1, 0.15) is 0 Å². The van der Waals surface area contributed by atoms with Crippen LogP contribution in [0.1, 0.15) is 11.5 Å². The van der Waals surface area contributed by atoms with Gasteiger partial charge < -0.3 is 9.42 Å². The van der Waals surface area contributed by atoms with Gasteiger partial charge in [-0.25, -0.2) is 4.98 Å². The van der Waals surface area contributed by atoms with E-state index in [0.717, 1.165) is 54.9 Å². The average molecular weight is 341 g/mol. The maximum atomic E-state index is 5.38. The molecule has 1 aromatic carbocycles. The molecule has 0 N–H and O–H groups in total. The minimum absolute atomic E-state index is 0.586. The third kappa shape index (κ3) is 3.32. The molecule has 24 heavy (non-hydrogen) atoms. The standard InChI is InChI=1S/C17H19N5OS/c1-13-12-24-17(18-13)22-9-7-21(8-10-22)11-15-19-16(23-20-15)14-5-3-2-4-6-14/h2-6,12H,7-11H2,1H3. The molecule has 6 nitrogen and oxygen atoms in total. The first-order valence-electron chi connectivity index (χ1n) is 8.05. The zero-order valence-electron chi connectivity index (χ0n) is 13.6. The summed E-state index contributed by atoms with van der Waals surface area (Å²) in [5.74, 6) is 1.33. The Morgan fingerprint density at radius 2 is 1.88 bits per heavy atom. The van der Waals surface area contributed by atoms with Crippen LogP contribution < -0.4 is 4.90 Å². The monoisotopic (exact) mass is 341 g/mol. The second-order valence-electron chi connectivity index (χ2n) is 5.92. The fourth-order valence-electron chi connectivity index (χ4n) is 2.80. The van der Waals surface area contributed by atoms with Gasteiger partial charge in [-0.1, -0.05) is 23.4 Å². The van der Waals surface area contributed by atoms with Crippen molar-refractivity contribution in [3.63, 3.8) is 0 Å². The van der Waals surface area contributed by atoms with Crippen molar-refractivity contribution in [2.75, 3.05) is 31.1 Å². The summed E-state index contributed by atoms with van der Waals surface area (Å²) >= 11 is 1.72. The van der Waals surface area contributed by atoms with Crippen LogP contribution in [0.4, 0.5) is 5.13 Å². The Morgan fingerprint density at radius 3 is 2.58 bits per heavy atom. The SMILES string of the molecule is Cc1csc(N2CCN(Cc3noc(-c4ccccc4)n3)CC2)n1. The van der Waals surface area contributed by atoms with Crippen molar-refractivity contribution < 1.29 is 4.52 Å². The predicted molar refractivity (Wildman–Crippen MR) is 94.1 cm³/mol. The van der Waals surface area contributed by atoms with E-state index in [9.17, 15) is 0 Å². The Kier molecular flexibility index (Phi) is 4.27. The van der Waals surface area contributed by atoms with Crippen molar-refractivity contribution in [2.24, 2.45) is 0 Å². The summed E-state index contributed by atoms with van der Waals surface area (Å²) in [6.45, 7) is 6.69. The Labute approximate surface area is 144 Å². The second-order valence-corrected chi connectivity index (χ2v) is 6.75. The topological polar surface area (TPSA) is 58.3 Å². The molecular formula is C17H19N5OS. The first-order valence-corrected chi connectivity index (χ1v) is 8.93. The largest absolute Gasteiger partial charge is 0.346 e. The van der Waals surface area contributed by atoms with Gasteiger partial charge in [-0.05, 0) is 19.1 Å². The summed E-state index contributed by atoms with van der Waals surface area (Å²) < 4.78 is 5.38. The molecule has 124 valence electrons. The molecule has 1 aliphatic heterocycles. The van der Waals surface area contributed by atoms with E-state index in [0.29, 0.717) is 5.89 Å². The van der Waals surface area contributed by atoms with Crippen LogP contribution in [-0.2, 0) is 6.54 Å². The molecule has 0 spiro atoms. The van der Waals surface area contributed by atoms with Crippen molar-refractivity contribution in [2.45, 2.75) is 13.5 Å². The zero-order valence-corrected chi connectivity index (χ0v) is 14.4. The van der Waals surface area contributed by atoms with E-state index in [1.54, 1.807) is 11.3 Å². The molecule has 0 radical (unpaired) electrons. The first-order chi connectivity index (χ1) is 11.8. The zero-order chi connectivity index (χ0) is 16.4. The van der Waals surface area contributed by atoms with E-state index in [-0.39, 0.29) is 0 Å². The Morgan fingerprint density at radius 1 is 1.08 bits per heavy atom. The number of aryl methyl sites for hydroxylation is 1. The highest BCUT2D eigenvalue weighted by atomic mass is 32.1. The highest BCUT2D eigenvalue weighted by Crippen LogP contribution is 2.22. The summed E-state index contributed by atoms with van der Waals surface area (Å²) in [5, 5.41) is 7.34. The van der Waals surface area contributed by atoms with Crippen molar-refractivity contribution in [3.05, 3.63) is 47.2 Å². The van der Waals surface area contributed by atoms with Crippen LogP contribution in [0.2, 0.25) is 0 Å². The molecule has 0 atom stereocenters. The molecule has 3 heterocycles. The van der Waals surface area contributed by atoms with Crippen molar-refractivity contribution in [1.82, 2.24) is 20.0 Å². The minimum atomic E-state index is 0.586. The number of hydrogen-bond acceptors (Lipinski definition) is 7. The number of piperazine rings is 1. The lowest BCUT2D eigenvalue weighted by Crippen LogP contribution is -2.46. The van der Waals surface area contributed by atoms with E-state index in [1.165, 1.54) is 0 Å². The molecule has 0 amide bonds. The summed E-state index contributed by atoms with van der Waals surface area (Å²) in [6.07, 6.45) is 0. The third-order valence-corrected chi connectivity index (χ3v) is 5.12. The fraction of sp³-hybridized carbons (Fsp3) is 0.353. The maximum Gasteiger partial charge on any atom is 0.257 e. The first kappa shape index (κ1) is 15.3. The minimum Gasteiger partial charge on any atom is -0.346 e. The third-order valence-electron chi connectivity index (χ3n) is 4.10. The van der Waals surface area contributed by atoms with Gasteiger partial charge >= 0.3 is 0 Å². The number of anilines is 1. The van der Waals surface area contributed by atoms with Gasteiger partial charge in [0.15, 0.2) is 11.0 Å². The molecule has 4 rings (SSSR count). The highest BCUT2D eigenvalue weighted by Gasteiger charge is 2.20. The lowest BCUT2D eigenvalue weighted by molar-refractivity contribution is 0.240. The van der Waals surface area contributed by atoms with E-state index < -0.39 is 0 Å². The lowest BCUT2D eigenvalue weighted by atomic mass is 10.2. The van der Waals surface area contributed by atoms with Crippen molar-refractivity contribution in [1.29, 1.82) is 0 Å². The molecule has 0 bridgehead atoms. The van der Waals surface area contributed by atoms with Gasteiger partial charge in [0.2, 0.25) is 0 Å². The van der Waals surface area contributed by atoms with Crippen LogP contribution in [0.15, 0.2) is 40.2 Å². The van der Waals surface area contributed by atoms with Gasteiger partial charge in [0.25, 0.3) is 5.89 Å². The number of rotatable bonds is 4. The predicted octanol–water partition coefficient (Wildman–Crippen LogP) is 2.82. The molecule has 0 aliphatic carbocycles. The van der Waals surface area contributed by atoms with Gasteiger partial charge in [-0.15, -0.1) is 11.3 Å². The van der Waals surface area contributed by atoms with Crippen LogP contribution >= 0.6 is 11.3 Å². The van der Waals surface area contributed by atoms with Gasteiger partial charge in [0, 0.05) is 37.1 Å². The van der Waals surface area contributed by atoms with Crippen LogP contribution in [0.3, 0.4) is 0 Å². The van der Waals surface area contributed by atoms with Gasteiger partial charge in [0.05, 0.1) is 12.2 Å². The van der Waals surface area contributed by atoms with Crippen LogP contribution in [0, 0.1) is 6.92 Å². The molecule has 2 aromatic heterocycles. The molecule has 1 fully saturated rings. The quantitative estimate of drug-likeness (QED) is 0.727. The van der Waals surface area contributed by atoms with Crippen LogP contribution in [-0.4, -0.2) is 46.2 Å². The molecule has 0 unspecified atom stereocenters. The molecule has 7 heteroatoms. The number of nitrogens with zero attached hydrogens (tertiary/aromatic N) is 5. The van der Waals surface area contributed by atoms with Crippen LogP contribution in [0.5, 0.6) is 0 Å². The Hall–Kier alpha value is -2.25.